The number of aliphatic hydroxyl groups is 2. The fourth-order valence-electron chi connectivity index (χ4n) is 5.75. The number of aliphatic hydroxyl groups excluding tert-OH is 1. The number of aryl methyl sites for hydroxylation is 1. The standard InChI is InChI=1S/C20H26O4/c1-12(21)24-14-4-6-15-13(11-14)3-5-17-16-7-8-18(22)19(16,2)9-10-20(15,17)23/h4,6,11,16-18,22-23H,3,5,7-10H2,1-2H3/t16-,17-,18-,19-,20-/m0/s1. The smallest absolute Gasteiger partial charge is 0.308 e. The van der Waals surface area contributed by atoms with Crippen molar-refractivity contribution in [2.45, 2.75) is 64.1 Å². The van der Waals surface area contributed by atoms with Crippen LogP contribution >= 0.6 is 0 Å². The molecule has 0 spiro atoms. The Morgan fingerprint density at radius 2 is 2.00 bits per heavy atom. The first-order chi connectivity index (χ1) is 11.3. The quantitative estimate of drug-likeness (QED) is 0.614. The molecule has 3 aliphatic rings. The van der Waals surface area contributed by atoms with E-state index in [0.717, 1.165) is 43.2 Å². The summed E-state index contributed by atoms with van der Waals surface area (Å²) in [5, 5.41) is 22.0. The van der Waals surface area contributed by atoms with E-state index in [1.54, 1.807) is 6.07 Å². The van der Waals surface area contributed by atoms with Crippen molar-refractivity contribution in [3.05, 3.63) is 29.3 Å². The number of carbonyl (C=O) groups excluding carboxylic acids is 1. The van der Waals surface area contributed by atoms with Crippen LogP contribution in [0, 0.1) is 17.3 Å². The highest BCUT2D eigenvalue weighted by molar-refractivity contribution is 5.69. The third kappa shape index (κ3) is 2.16. The Morgan fingerprint density at radius 3 is 2.75 bits per heavy atom. The first-order valence-corrected chi connectivity index (χ1v) is 9.07. The average Bonchev–Trinajstić information content (AvgIpc) is 2.82. The van der Waals surface area contributed by atoms with Gasteiger partial charge in [-0.15, -0.1) is 0 Å². The highest BCUT2D eigenvalue weighted by Gasteiger charge is 2.59. The Bertz CT molecular complexity index is 684. The monoisotopic (exact) mass is 330 g/mol. The van der Waals surface area contributed by atoms with E-state index in [1.165, 1.54) is 6.92 Å². The zero-order valence-corrected chi connectivity index (χ0v) is 14.4. The zero-order valence-electron chi connectivity index (χ0n) is 14.4. The van der Waals surface area contributed by atoms with Gasteiger partial charge in [0, 0.05) is 6.92 Å². The molecule has 2 fully saturated rings. The fraction of sp³-hybridized carbons (Fsp3) is 0.650. The highest BCUT2D eigenvalue weighted by atomic mass is 16.5. The molecule has 1 aromatic rings. The number of fused-ring (bicyclic) bond motifs is 5. The third-order valence-electron chi connectivity index (χ3n) is 7.03. The van der Waals surface area contributed by atoms with Gasteiger partial charge in [0.25, 0.3) is 0 Å². The predicted octanol–water partition coefficient (Wildman–Crippen LogP) is 2.93. The zero-order chi connectivity index (χ0) is 17.1. The van der Waals surface area contributed by atoms with Gasteiger partial charge < -0.3 is 14.9 Å². The van der Waals surface area contributed by atoms with Crippen LogP contribution in [-0.4, -0.2) is 22.3 Å². The minimum absolute atomic E-state index is 0.0495. The second-order valence-corrected chi connectivity index (χ2v) is 8.19. The van der Waals surface area contributed by atoms with Gasteiger partial charge in [-0.05, 0) is 79.0 Å². The van der Waals surface area contributed by atoms with Crippen molar-refractivity contribution in [2.75, 3.05) is 0 Å². The molecule has 3 aliphatic carbocycles. The van der Waals surface area contributed by atoms with Crippen LogP contribution in [0.25, 0.3) is 0 Å². The summed E-state index contributed by atoms with van der Waals surface area (Å²) < 4.78 is 5.20. The highest BCUT2D eigenvalue weighted by Crippen LogP contribution is 2.62. The maximum Gasteiger partial charge on any atom is 0.308 e. The summed E-state index contributed by atoms with van der Waals surface area (Å²) in [6.45, 7) is 3.60. The summed E-state index contributed by atoms with van der Waals surface area (Å²) in [7, 11) is 0. The molecule has 4 rings (SSSR count). The number of benzene rings is 1. The molecule has 0 heterocycles. The Kier molecular flexibility index (Phi) is 3.56. The second kappa shape index (κ2) is 5.30. The van der Waals surface area contributed by atoms with Crippen molar-refractivity contribution in [1.82, 2.24) is 0 Å². The number of hydrogen-bond acceptors (Lipinski definition) is 4. The van der Waals surface area contributed by atoms with E-state index in [-0.39, 0.29) is 23.4 Å². The molecule has 4 nitrogen and oxygen atoms in total. The molecular weight excluding hydrogens is 304 g/mol. The average molecular weight is 330 g/mol. The molecule has 5 atom stereocenters. The van der Waals surface area contributed by atoms with Crippen LogP contribution in [0.5, 0.6) is 5.75 Å². The van der Waals surface area contributed by atoms with Gasteiger partial charge in [0.1, 0.15) is 5.75 Å². The summed E-state index contributed by atoms with van der Waals surface area (Å²) in [6, 6.07) is 5.63. The van der Waals surface area contributed by atoms with Crippen molar-refractivity contribution < 1.29 is 19.7 Å². The largest absolute Gasteiger partial charge is 0.427 e. The van der Waals surface area contributed by atoms with E-state index in [1.807, 2.05) is 12.1 Å². The van der Waals surface area contributed by atoms with Crippen LogP contribution in [0.1, 0.15) is 57.1 Å². The first-order valence-electron chi connectivity index (χ1n) is 9.07. The molecule has 0 saturated heterocycles. The maximum atomic E-state index is 11.6. The minimum Gasteiger partial charge on any atom is -0.427 e. The van der Waals surface area contributed by atoms with Crippen molar-refractivity contribution >= 4 is 5.97 Å². The second-order valence-electron chi connectivity index (χ2n) is 8.19. The molecule has 130 valence electrons. The lowest BCUT2D eigenvalue weighted by Crippen LogP contribution is -2.53. The number of esters is 1. The van der Waals surface area contributed by atoms with Crippen molar-refractivity contribution in [1.29, 1.82) is 0 Å². The van der Waals surface area contributed by atoms with Crippen molar-refractivity contribution in [2.24, 2.45) is 17.3 Å². The van der Waals surface area contributed by atoms with Crippen LogP contribution < -0.4 is 4.74 Å². The van der Waals surface area contributed by atoms with Gasteiger partial charge in [0.15, 0.2) is 0 Å². The molecule has 4 heteroatoms. The van der Waals surface area contributed by atoms with E-state index >= 15 is 0 Å². The minimum atomic E-state index is -0.809. The lowest BCUT2D eigenvalue weighted by molar-refractivity contribution is -0.142. The van der Waals surface area contributed by atoms with Gasteiger partial charge in [0.05, 0.1) is 11.7 Å². The van der Waals surface area contributed by atoms with Crippen LogP contribution in [0.4, 0.5) is 0 Å². The maximum absolute atomic E-state index is 11.6. The molecule has 0 unspecified atom stereocenters. The SMILES string of the molecule is CC(=O)Oc1ccc2c(c1)CC[C@H]1[C@@H]3CC[C@H](O)[C@@]3(C)CC[C@]21O. The van der Waals surface area contributed by atoms with Gasteiger partial charge >= 0.3 is 5.97 Å². The summed E-state index contributed by atoms with van der Waals surface area (Å²) in [5.74, 6) is 0.823. The number of ether oxygens (including phenoxy) is 1. The van der Waals surface area contributed by atoms with Crippen LogP contribution in [0.2, 0.25) is 0 Å². The predicted molar refractivity (Wildman–Crippen MR) is 89.5 cm³/mol. The topological polar surface area (TPSA) is 66.8 Å². The van der Waals surface area contributed by atoms with E-state index in [0.29, 0.717) is 18.1 Å². The Balaban J connectivity index is 1.70. The van der Waals surface area contributed by atoms with Gasteiger partial charge in [-0.25, -0.2) is 0 Å². The number of carbonyl (C=O) groups is 1. The molecule has 0 amide bonds. The number of rotatable bonds is 1. The molecule has 2 saturated carbocycles. The molecule has 0 bridgehead atoms. The lowest BCUT2D eigenvalue weighted by Gasteiger charge is -2.54. The third-order valence-corrected chi connectivity index (χ3v) is 7.03. The summed E-state index contributed by atoms with van der Waals surface area (Å²) >= 11 is 0. The van der Waals surface area contributed by atoms with E-state index in [2.05, 4.69) is 6.92 Å². The molecule has 0 radical (unpaired) electrons. The van der Waals surface area contributed by atoms with Crippen LogP contribution in [0.15, 0.2) is 18.2 Å². The molecule has 0 aromatic heterocycles. The van der Waals surface area contributed by atoms with Crippen LogP contribution in [-0.2, 0) is 16.8 Å². The van der Waals surface area contributed by atoms with Crippen molar-refractivity contribution in [3.63, 3.8) is 0 Å². The van der Waals surface area contributed by atoms with Gasteiger partial charge in [-0.2, -0.15) is 0 Å². The first kappa shape index (κ1) is 16.1. The van der Waals surface area contributed by atoms with Gasteiger partial charge in [0.2, 0.25) is 0 Å². The molecule has 0 aliphatic heterocycles. The van der Waals surface area contributed by atoms with Gasteiger partial charge in [-0.3, -0.25) is 4.79 Å². The Morgan fingerprint density at radius 1 is 1.21 bits per heavy atom. The lowest BCUT2D eigenvalue weighted by atomic mass is 9.53. The van der Waals surface area contributed by atoms with E-state index < -0.39 is 5.60 Å². The fourth-order valence-corrected chi connectivity index (χ4v) is 5.75. The Hall–Kier alpha value is -1.39. The summed E-state index contributed by atoms with van der Waals surface area (Å²) in [5.41, 5.74) is 1.23. The normalized spacial score (nSPS) is 40.4. The summed E-state index contributed by atoms with van der Waals surface area (Å²) in [4.78, 5) is 11.2. The van der Waals surface area contributed by atoms with E-state index in [4.69, 9.17) is 4.74 Å². The van der Waals surface area contributed by atoms with Crippen LogP contribution in [0.3, 0.4) is 0 Å². The molecule has 2 N–H and O–H groups in total. The van der Waals surface area contributed by atoms with E-state index in [9.17, 15) is 15.0 Å². The molecular formula is C20H26O4. The van der Waals surface area contributed by atoms with Gasteiger partial charge in [-0.1, -0.05) is 13.0 Å². The van der Waals surface area contributed by atoms with Crippen molar-refractivity contribution in [3.8, 4) is 5.75 Å². The Labute approximate surface area is 142 Å². The number of hydrogen-bond donors (Lipinski definition) is 2. The molecule has 1 aromatic carbocycles. The summed E-state index contributed by atoms with van der Waals surface area (Å²) in [6.07, 6.45) is 5.00. The molecule has 24 heavy (non-hydrogen) atoms.